The van der Waals surface area contributed by atoms with Crippen molar-refractivity contribution in [2.45, 2.75) is 50.7 Å². The average Bonchev–Trinajstić information content (AvgIpc) is 3.05. The summed E-state index contributed by atoms with van der Waals surface area (Å²) in [6.45, 7) is 0.576. The van der Waals surface area contributed by atoms with Gasteiger partial charge in [-0.25, -0.2) is 10.3 Å². The number of aliphatic hydroxyl groups excluding tert-OH is 1. The van der Waals surface area contributed by atoms with Gasteiger partial charge in [0.15, 0.2) is 0 Å². The number of aliphatic hydroxyl groups is 1. The van der Waals surface area contributed by atoms with Gasteiger partial charge in [0.1, 0.15) is 11.9 Å². The van der Waals surface area contributed by atoms with Gasteiger partial charge in [-0.3, -0.25) is 4.84 Å². The van der Waals surface area contributed by atoms with E-state index >= 15 is 0 Å². The molecular weight excluding hydrogens is 308 g/mol. The number of hydrogen-bond acceptors (Lipinski definition) is 4. The van der Waals surface area contributed by atoms with Gasteiger partial charge in [0.05, 0.1) is 19.3 Å². The lowest BCUT2D eigenvalue weighted by Gasteiger charge is -2.23. The number of amides is 2. The summed E-state index contributed by atoms with van der Waals surface area (Å²) in [6.07, 6.45) is 5.77. The van der Waals surface area contributed by atoms with Gasteiger partial charge >= 0.3 is 6.03 Å². The highest BCUT2D eigenvalue weighted by molar-refractivity contribution is 5.73. The van der Waals surface area contributed by atoms with Crippen molar-refractivity contribution in [3.63, 3.8) is 0 Å². The summed E-state index contributed by atoms with van der Waals surface area (Å²) < 4.78 is 5.71. The first-order valence-electron chi connectivity index (χ1n) is 8.82. The molecule has 0 aromatic heterocycles. The van der Waals surface area contributed by atoms with E-state index in [-0.39, 0.29) is 24.8 Å². The molecule has 0 spiro atoms. The minimum Gasteiger partial charge on any atom is -0.493 e. The van der Waals surface area contributed by atoms with E-state index < -0.39 is 0 Å². The minimum absolute atomic E-state index is 0.0783. The zero-order chi connectivity index (χ0) is 16.8. The second kappa shape index (κ2) is 8.35. The second-order valence-corrected chi connectivity index (χ2v) is 6.54. The van der Waals surface area contributed by atoms with Crippen molar-refractivity contribution in [3.8, 4) is 5.75 Å². The van der Waals surface area contributed by atoms with Crippen LogP contribution in [0.3, 0.4) is 0 Å². The molecule has 1 heterocycles. The zero-order valence-electron chi connectivity index (χ0n) is 13.9. The van der Waals surface area contributed by atoms with E-state index in [0.717, 1.165) is 49.8 Å². The lowest BCUT2D eigenvalue weighted by atomic mass is 10.0. The van der Waals surface area contributed by atoms with Crippen LogP contribution in [0.5, 0.6) is 5.75 Å². The Morgan fingerprint density at radius 1 is 1.25 bits per heavy atom. The maximum atomic E-state index is 12.2. The fourth-order valence-corrected chi connectivity index (χ4v) is 3.60. The number of ether oxygens (including phenoxy) is 1. The van der Waals surface area contributed by atoms with Crippen LogP contribution in [0, 0.1) is 5.92 Å². The molecular formula is C18H26N2O4. The van der Waals surface area contributed by atoms with Crippen molar-refractivity contribution < 1.29 is 19.5 Å². The number of nitrogens with one attached hydrogen (secondary N) is 2. The third-order valence-electron chi connectivity index (χ3n) is 4.90. The predicted molar refractivity (Wildman–Crippen MR) is 89.5 cm³/mol. The number of rotatable bonds is 5. The monoisotopic (exact) mass is 334 g/mol. The summed E-state index contributed by atoms with van der Waals surface area (Å²) in [6, 6.07) is 7.28. The van der Waals surface area contributed by atoms with Crippen molar-refractivity contribution in [3.05, 3.63) is 29.8 Å². The Hall–Kier alpha value is -1.79. The summed E-state index contributed by atoms with van der Waals surface area (Å²) in [5.74, 6) is 1.14. The van der Waals surface area contributed by atoms with Crippen molar-refractivity contribution in [1.82, 2.24) is 10.8 Å². The third-order valence-corrected chi connectivity index (χ3v) is 4.90. The Balaban J connectivity index is 1.54. The van der Waals surface area contributed by atoms with E-state index in [9.17, 15) is 9.90 Å². The van der Waals surface area contributed by atoms with Crippen LogP contribution in [0.2, 0.25) is 0 Å². The van der Waals surface area contributed by atoms with Crippen LogP contribution >= 0.6 is 0 Å². The molecule has 1 aromatic carbocycles. The van der Waals surface area contributed by atoms with Gasteiger partial charge in [-0.05, 0) is 37.7 Å². The van der Waals surface area contributed by atoms with Gasteiger partial charge in [-0.2, -0.15) is 0 Å². The molecule has 0 saturated heterocycles. The van der Waals surface area contributed by atoms with Crippen LogP contribution in [0.25, 0.3) is 0 Å². The number of hydrogen-bond donors (Lipinski definition) is 3. The van der Waals surface area contributed by atoms with E-state index in [4.69, 9.17) is 9.57 Å². The topological polar surface area (TPSA) is 79.8 Å². The zero-order valence-corrected chi connectivity index (χ0v) is 13.9. The van der Waals surface area contributed by atoms with E-state index in [1.54, 1.807) is 0 Å². The molecule has 2 aliphatic rings. The van der Waals surface area contributed by atoms with E-state index in [1.165, 1.54) is 0 Å². The van der Waals surface area contributed by atoms with Gasteiger partial charge < -0.3 is 15.2 Å². The molecule has 3 rings (SSSR count). The Morgan fingerprint density at radius 3 is 2.83 bits per heavy atom. The molecule has 0 radical (unpaired) electrons. The number of urea groups is 1. The number of carbonyl (C=O) groups is 1. The van der Waals surface area contributed by atoms with Crippen molar-refractivity contribution in [2.24, 2.45) is 5.92 Å². The standard InChI is InChI=1S/C18H26N2O4/c21-12-17(13-6-1-2-7-13)24-20-18(22)19-15-9-5-11-23-16-10-4-3-8-14(15)16/h3-4,8,10,13,15,17,21H,1-2,5-7,9,11-12H2,(H2,19,20,22). The van der Waals surface area contributed by atoms with E-state index in [0.29, 0.717) is 12.5 Å². The average molecular weight is 334 g/mol. The van der Waals surface area contributed by atoms with Crippen LogP contribution in [-0.2, 0) is 4.84 Å². The summed E-state index contributed by atoms with van der Waals surface area (Å²) in [7, 11) is 0. The molecule has 3 N–H and O–H groups in total. The molecule has 2 unspecified atom stereocenters. The van der Waals surface area contributed by atoms with Crippen LogP contribution in [0.1, 0.15) is 50.1 Å². The highest BCUT2D eigenvalue weighted by Crippen LogP contribution is 2.31. The van der Waals surface area contributed by atoms with Gasteiger partial charge in [0, 0.05) is 5.56 Å². The highest BCUT2D eigenvalue weighted by Gasteiger charge is 2.27. The quantitative estimate of drug-likeness (QED) is 0.723. The number of benzene rings is 1. The summed E-state index contributed by atoms with van der Waals surface area (Å²) in [5.41, 5.74) is 3.44. The number of hydroxylamine groups is 1. The highest BCUT2D eigenvalue weighted by atomic mass is 16.7. The molecule has 2 amide bonds. The summed E-state index contributed by atoms with van der Waals surface area (Å²) >= 11 is 0. The minimum atomic E-state index is -0.381. The van der Waals surface area contributed by atoms with Crippen molar-refractivity contribution in [2.75, 3.05) is 13.2 Å². The molecule has 132 valence electrons. The first-order chi connectivity index (χ1) is 11.8. The molecule has 2 atom stereocenters. The molecule has 1 aliphatic carbocycles. The Kier molecular flexibility index (Phi) is 5.93. The van der Waals surface area contributed by atoms with E-state index in [1.807, 2.05) is 24.3 Å². The predicted octanol–water partition coefficient (Wildman–Crippen LogP) is 2.68. The molecule has 0 bridgehead atoms. The number of para-hydroxylation sites is 1. The normalized spacial score (nSPS) is 22.1. The molecule has 1 fully saturated rings. The van der Waals surface area contributed by atoms with Crippen LogP contribution in [0.4, 0.5) is 4.79 Å². The van der Waals surface area contributed by atoms with Gasteiger partial charge in [0.2, 0.25) is 0 Å². The SMILES string of the molecule is O=C(NOC(CO)C1CCCC1)NC1CCCOc2ccccc21. The largest absolute Gasteiger partial charge is 0.493 e. The van der Waals surface area contributed by atoms with Crippen LogP contribution < -0.4 is 15.5 Å². The Morgan fingerprint density at radius 2 is 2.04 bits per heavy atom. The molecule has 1 saturated carbocycles. The fraction of sp³-hybridized carbons (Fsp3) is 0.611. The van der Waals surface area contributed by atoms with Crippen molar-refractivity contribution >= 4 is 6.03 Å². The van der Waals surface area contributed by atoms with E-state index in [2.05, 4.69) is 10.8 Å². The number of carbonyl (C=O) groups excluding carboxylic acids is 1. The fourth-order valence-electron chi connectivity index (χ4n) is 3.60. The molecule has 24 heavy (non-hydrogen) atoms. The third kappa shape index (κ3) is 4.19. The maximum absolute atomic E-state index is 12.2. The smallest absolute Gasteiger partial charge is 0.339 e. The van der Waals surface area contributed by atoms with Gasteiger partial charge in [-0.15, -0.1) is 0 Å². The first-order valence-corrected chi connectivity index (χ1v) is 8.82. The molecule has 1 aromatic rings. The first kappa shape index (κ1) is 17.0. The molecule has 1 aliphatic heterocycles. The Bertz CT molecular complexity index is 546. The number of fused-ring (bicyclic) bond motifs is 1. The second-order valence-electron chi connectivity index (χ2n) is 6.54. The van der Waals surface area contributed by atoms with Crippen molar-refractivity contribution in [1.29, 1.82) is 0 Å². The molecule has 6 heteroatoms. The van der Waals surface area contributed by atoms with Crippen LogP contribution in [0.15, 0.2) is 24.3 Å². The Labute approximate surface area is 142 Å². The summed E-state index contributed by atoms with van der Waals surface area (Å²) in [5, 5.41) is 12.4. The maximum Gasteiger partial charge on any atom is 0.339 e. The lowest BCUT2D eigenvalue weighted by Crippen LogP contribution is -2.42. The van der Waals surface area contributed by atoms with Gasteiger partial charge in [-0.1, -0.05) is 31.0 Å². The van der Waals surface area contributed by atoms with Gasteiger partial charge in [0.25, 0.3) is 0 Å². The lowest BCUT2D eigenvalue weighted by molar-refractivity contribution is -0.0615. The molecule has 6 nitrogen and oxygen atoms in total. The van der Waals surface area contributed by atoms with Crippen LogP contribution in [-0.4, -0.2) is 30.5 Å². The summed E-state index contributed by atoms with van der Waals surface area (Å²) in [4.78, 5) is 17.7.